The SMILES string of the molecule is BrC1=CN=CC(Cc2ccccc2)C1. The molecule has 1 atom stereocenters. The lowest BCUT2D eigenvalue weighted by atomic mass is 9.96. The first kappa shape index (κ1) is 9.66. The molecule has 0 saturated carbocycles. The van der Waals surface area contributed by atoms with Crippen LogP contribution in [0, 0.1) is 5.92 Å². The highest BCUT2D eigenvalue weighted by Crippen LogP contribution is 2.22. The summed E-state index contributed by atoms with van der Waals surface area (Å²) in [6.45, 7) is 0. The highest BCUT2D eigenvalue weighted by atomic mass is 79.9. The number of rotatable bonds is 2. The molecule has 1 aromatic rings. The lowest BCUT2D eigenvalue weighted by molar-refractivity contribution is 0.700. The molecular weight excluding hydrogens is 238 g/mol. The second-order valence-corrected chi connectivity index (χ2v) is 4.55. The number of benzene rings is 1. The standard InChI is InChI=1S/C12H12BrN/c13-12-7-11(8-14-9-12)6-10-4-2-1-3-5-10/h1-5,8-9,11H,6-7H2. The topological polar surface area (TPSA) is 12.4 Å². The Morgan fingerprint density at radius 1 is 1.29 bits per heavy atom. The fourth-order valence-electron chi connectivity index (χ4n) is 1.64. The zero-order valence-corrected chi connectivity index (χ0v) is 9.44. The molecule has 0 aromatic heterocycles. The average Bonchev–Trinajstić information content (AvgIpc) is 2.19. The van der Waals surface area contributed by atoms with Crippen molar-refractivity contribution >= 4 is 22.1 Å². The van der Waals surface area contributed by atoms with Crippen molar-refractivity contribution in [2.45, 2.75) is 12.8 Å². The van der Waals surface area contributed by atoms with Gasteiger partial charge >= 0.3 is 0 Å². The molecule has 1 aliphatic heterocycles. The van der Waals surface area contributed by atoms with Crippen LogP contribution in [0.25, 0.3) is 0 Å². The van der Waals surface area contributed by atoms with Crippen LogP contribution in [-0.2, 0) is 6.42 Å². The summed E-state index contributed by atoms with van der Waals surface area (Å²) in [7, 11) is 0. The van der Waals surface area contributed by atoms with Gasteiger partial charge in [0.1, 0.15) is 0 Å². The molecule has 2 heteroatoms. The van der Waals surface area contributed by atoms with Gasteiger partial charge in [-0.25, -0.2) is 0 Å². The van der Waals surface area contributed by atoms with E-state index in [1.165, 1.54) is 10.0 Å². The lowest BCUT2D eigenvalue weighted by Gasteiger charge is -2.14. The second kappa shape index (κ2) is 4.56. The molecule has 0 bridgehead atoms. The van der Waals surface area contributed by atoms with E-state index in [0.29, 0.717) is 5.92 Å². The number of aliphatic imine (C=N–C) groups is 1. The monoisotopic (exact) mass is 249 g/mol. The largest absolute Gasteiger partial charge is 0.268 e. The maximum absolute atomic E-state index is 4.20. The van der Waals surface area contributed by atoms with E-state index in [0.717, 1.165) is 12.8 Å². The minimum Gasteiger partial charge on any atom is -0.268 e. The van der Waals surface area contributed by atoms with Crippen LogP contribution in [0.4, 0.5) is 0 Å². The van der Waals surface area contributed by atoms with Crippen LogP contribution < -0.4 is 0 Å². The summed E-state index contributed by atoms with van der Waals surface area (Å²) in [6.07, 6.45) is 6.06. The Hall–Kier alpha value is -0.890. The maximum atomic E-state index is 4.20. The summed E-state index contributed by atoms with van der Waals surface area (Å²) in [4.78, 5) is 4.20. The zero-order valence-electron chi connectivity index (χ0n) is 7.86. The van der Waals surface area contributed by atoms with Gasteiger partial charge in [0.25, 0.3) is 0 Å². The predicted molar refractivity (Wildman–Crippen MR) is 63.8 cm³/mol. The molecule has 1 unspecified atom stereocenters. The third-order valence-electron chi connectivity index (χ3n) is 2.31. The number of hydrogen-bond donors (Lipinski definition) is 0. The van der Waals surface area contributed by atoms with Gasteiger partial charge in [-0.1, -0.05) is 46.3 Å². The minimum atomic E-state index is 0.539. The molecule has 0 N–H and O–H groups in total. The van der Waals surface area contributed by atoms with Gasteiger partial charge in [-0.2, -0.15) is 0 Å². The van der Waals surface area contributed by atoms with Crippen molar-refractivity contribution in [3.05, 3.63) is 46.6 Å². The average molecular weight is 250 g/mol. The number of nitrogens with zero attached hydrogens (tertiary/aromatic N) is 1. The molecule has 1 heterocycles. The van der Waals surface area contributed by atoms with Crippen LogP contribution in [0.2, 0.25) is 0 Å². The van der Waals surface area contributed by atoms with E-state index in [4.69, 9.17) is 0 Å². The number of hydrogen-bond acceptors (Lipinski definition) is 1. The first-order valence-electron chi connectivity index (χ1n) is 4.76. The molecule has 0 saturated heterocycles. The highest BCUT2D eigenvalue weighted by Gasteiger charge is 2.11. The molecule has 1 nitrogen and oxygen atoms in total. The van der Waals surface area contributed by atoms with Crippen LogP contribution in [0.3, 0.4) is 0 Å². The van der Waals surface area contributed by atoms with Crippen molar-refractivity contribution in [2.24, 2.45) is 10.9 Å². The highest BCUT2D eigenvalue weighted by molar-refractivity contribution is 9.11. The Balaban J connectivity index is 2.00. The fraction of sp³-hybridized carbons (Fsp3) is 0.250. The molecular formula is C12H12BrN. The molecule has 0 radical (unpaired) electrons. The summed E-state index contributed by atoms with van der Waals surface area (Å²) in [6, 6.07) is 10.6. The van der Waals surface area contributed by atoms with Crippen molar-refractivity contribution in [1.29, 1.82) is 0 Å². The minimum absolute atomic E-state index is 0.539. The summed E-state index contributed by atoms with van der Waals surface area (Å²) >= 11 is 3.49. The van der Waals surface area contributed by atoms with E-state index in [-0.39, 0.29) is 0 Å². The van der Waals surface area contributed by atoms with Gasteiger partial charge in [-0.3, -0.25) is 4.99 Å². The summed E-state index contributed by atoms with van der Waals surface area (Å²) < 4.78 is 1.20. The van der Waals surface area contributed by atoms with E-state index >= 15 is 0 Å². The zero-order chi connectivity index (χ0) is 9.80. The van der Waals surface area contributed by atoms with Gasteiger partial charge in [0, 0.05) is 22.8 Å². The summed E-state index contributed by atoms with van der Waals surface area (Å²) in [5.74, 6) is 0.539. The molecule has 1 aromatic carbocycles. The predicted octanol–water partition coefficient (Wildman–Crippen LogP) is 3.56. The molecule has 0 amide bonds. The molecule has 14 heavy (non-hydrogen) atoms. The molecule has 72 valence electrons. The quantitative estimate of drug-likeness (QED) is 0.761. The van der Waals surface area contributed by atoms with E-state index in [2.05, 4.69) is 45.2 Å². The Morgan fingerprint density at radius 3 is 2.79 bits per heavy atom. The van der Waals surface area contributed by atoms with Gasteiger partial charge in [-0.05, 0) is 18.4 Å². The number of allylic oxidation sites excluding steroid dienone is 1. The van der Waals surface area contributed by atoms with Gasteiger partial charge in [-0.15, -0.1) is 0 Å². The van der Waals surface area contributed by atoms with Crippen LogP contribution >= 0.6 is 15.9 Å². The van der Waals surface area contributed by atoms with Gasteiger partial charge in [0.2, 0.25) is 0 Å². The van der Waals surface area contributed by atoms with E-state index in [1.54, 1.807) is 0 Å². The molecule has 0 fully saturated rings. The van der Waals surface area contributed by atoms with Gasteiger partial charge < -0.3 is 0 Å². The smallest absolute Gasteiger partial charge is 0.0365 e. The Kier molecular flexibility index (Phi) is 3.14. The molecule has 1 aliphatic rings. The van der Waals surface area contributed by atoms with Gasteiger partial charge in [0.05, 0.1) is 0 Å². The van der Waals surface area contributed by atoms with Crippen molar-refractivity contribution in [1.82, 2.24) is 0 Å². The third kappa shape index (κ3) is 2.55. The number of halogens is 1. The van der Waals surface area contributed by atoms with Crippen molar-refractivity contribution in [3.63, 3.8) is 0 Å². The van der Waals surface area contributed by atoms with E-state index in [1.807, 2.05) is 18.5 Å². The normalized spacial score (nSPS) is 20.6. The van der Waals surface area contributed by atoms with E-state index in [9.17, 15) is 0 Å². The van der Waals surface area contributed by atoms with Crippen molar-refractivity contribution < 1.29 is 0 Å². The summed E-state index contributed by atoms with van der Waals surface area (Å²) in [5, 5.41) is 0. The summed E-state index contributed by atoms with van der Waals surface area (Å²) in [5.41, 5.74) is 1.38. The van der Waals surface area contributed by atoms with Crippen molar-refractivity contribution in [2.75, 3.05) is 0 Å². The van der Waals surface area contributed by atoms with Crippen molar-refractivity contribution in [3.8, 4) is 0 Å². The molecule has 2 rings (SSSR count). The first-order valence-corrected chi connectivity index (χ1v) is 5.55. The first-order chi connectivity index (χ1) is 6.84. The van der Waals surface area contributed by atoms with Gasteiger partial charge in [0.15, 0.2) is 0 Å². The Morgan fingerprint density at radius 2 is 2.07 bits per heavy atom. The third-order valence-corrected chi connectivity index (χ3v) is 2.84. The molecule has 0 spiro atoms. The van der Waals surface area contributed by atoms with Crippen LogP contribution in [-0.4, -0.2) is 6.21 Å². The van der Waals surface area contributed by atoms with Crippen LogP contribution in [0.1, 0.15) is 12.0 Å². The molecule has 0 aliphatic carbocycles. The van der Waals surface area contributed by atoms with E-state index < -0.39 is 0 Å². The van der Waals surface area contributed by atoms with Crippen LogP contribution in [0.5, 0.6) is 0 Å². The maximum Gasteiger partial charge on any atom is 0.0365 e. The van der Waals surface area contributed by atoms with Crippen LogP contribution in [0.15, 0.2) is 46.0 Å². The Bertz CT molecular complexity index is 354. The lowest BCUT2D eigenvalue weighted by Crippen LogP contribution is -2.08. The Labute approximate surface area is 92.7 Å². The fourth-order valence-corrected chi connectivity index (χ4v) is 2.18. The second-order valence-electron chi connectivity index (χ2n) is 3.53.